The SMILES string of the molecule is CC(C1CC1)N(Cc1ccccc1)S(=O)(=O)CCCCl. The highest BCUT2D eigenvalue weighted by molar-refractivity contribution is 7.89. The van der Waals surface area contributed by atoms with Gasteiger partial charge in [0.1, 0.15) is 0 Å². The first-order valence-electron chi connectivity index (χ1n) is 7.14. The molecular weight excluding hydrogens is 294 g/mol. The molecular formula is C15H22ClNO2S. The maximum atomic E-state index is 12.5. The number of hydrogen-bond donors (Lipinski definition) is 0. The van der Waals surface area contributed by atoms with Crippen LogP contribution in [0.3, 0.4) is 0 Å². The lowest BCUT2D eigenvalue weighted by atomic mass is 10.2. The predicted molar refractivity (Wildman–Crippen MR) is 83.3 cm³/mol. The number of hydrogen-bond acceptors (Lipinski definition) is 2. The summed E-state index contributed by atoms with van der Waals surface area (Å²) in [5, 5.41) is 0. The summed E-state index contributed by atoms with van der Waals surface area (Å²) in [5.74, 6) is 1.04. The van der Waals surface area contributed by atoms with Crippen LogP contribution in [0.25, 0.3) is 0 Å². The molecule has 0 aliphatic heterocycles. The van der Waals surface area contributed by atoms with Crippen LogP contribution in [0.2, 0.25) is 0 Å². The van der Waals surface area contributed by atoms with Gasteiger partial charge in [-0.3, -0.25) is 0 Å². The molecule has 1 aliphatic carbocycles. The third kappa shape index (κ3) is 4.21. The molecule has 20 heavy (non-hydrogen) atoms. The summed E-state index contributed by atoms with van der Waals surface area (Å²) in [5.41, 5.74) is 1.04. The summed E-state index contributed by atoms with van der Waals surface area (Å²) in [7, 11) is -3.24. The van der Waals surface area contributed by atoms with Crippen molar-refractivity contribution in [3.05, 3.63) is 35.9 Å². The Hall–Kier alpha value is -0.580. The van der Waals surface area contributed by atoms with Crippen molar-refractivity contribution < 1.29 is 8.42 Å². The van der Waals surface area contributed by atoms with Gasteiger partial charge in [0.15, 0.2) is 0 Å². The minimum Gasteiger partial charge on any atom is -0.212 e. The molecule has 0 heterocycles. The molecule has 1 atom stereocenters. The van der Waals surface area contributed by atoms with E-state index in [1.165, 1.54) is 0 Å². The third-order valence-corrected chi connectivity index (χ3v) is 6.08. The Morgan fingerprint density at radius 2 is 1.95 bits per heavy atom. The Balaban J connectivity index is 2.16. The number of sulfonamides is 1. The summed E-state index contributed by atoms with van der Waals surface area (Å²) in [6.45, 7) is 2.49. The van der Waals surface area contributed by atoms with E-state index in [0.29, 0.717) is 24.8 Å². The molecule has 0 bridgehead atoms. The maximum absolute atomic E-state index is 12.5. The summed E-state index contributed by atoms with van der Waals surface area (Å²) in [6.07, 6.45) is 2.78. The first-order chi connectivity index (χ1) is 9.54. The fourth-order valence-electron chi connectivity index (χ4n) is 2.43. The molecule has 1 saturated carbocycles. The fourth-order valence-corrected chi connectivity index (χ4v) is 4.49. The Bertz CT molecular complexity index is 514. The third-order valence-electron chi connectivity index (χ3n) is 3.83. The molecule has 2 rings (SSSR count). The highest BCUT2D eigenvalue weighted by Gasteiger charge is 2.37. The summed E-state index contributed by atoms with van der Waals surface area (Å²) >= 11 is 5.64. The lowest BCUT2D eigenvalue weighted by molar-refractivity contribution is 0.303. The molecule has 0 spiro atoms. The molecule has 5 heteroatoms. The zero-order chi connectivity index (χ0) is 14.6. The molecule has 112 valence electrons. The van der Waals surface area contributed by atoms with E-state index in [2.05, 4.69) is 0 Å². The monoisotopic (exact) mass is 315 g/mol. The van der Waals surface area contributed by atoms with Crippen molar-refractivity contribution in [2.75, 3.05) is 11.6 Å². The Kier molecular flexibility index (Phi) is 5.47. The van der Waals surface area contributed by atoms with Crippen LogP contribution in [-0.4, -0.2) is 30.4 Å². The van der Waals surface area contributed by atoms with Gasteiger partial charge >= 0.3 is 0 Å². The average Bonchev–Trinajstić information content (AvgIpc) is 3.27. The van der Waals surface area contributed by atoms with Gasteiger partial charge in [-0.15, -0.1) is 11.6 Å². The molecule has 0 aromatic heterocycles. The van der Waals surface area contributed by atoms with Crippen LogP contribution in [0.5, 0.6) is 0 Å². The summed E-state index contributed by atoms with van der Waals surface area (Å²) in [6, 6.07) is 9.87. The van der Waals surface area contributed by atoms with E-state index in [1.807, 2.05) is 37.3 Å². The van der Waals surface area contributed by atoms with Crippen molar-refractivity contribution in [1.29, 1.82) is 0 Å². The van der Waals surface area contributed by atoms with Crippen LogP contribution in [0, 0.1) is 5.92 Å². The van der Waals surface area contributed by atoms with E-state index >= 15 is 0 Å². The van der Waals surface area contributed by atoms with Gasteiger partial charge in [0.25, 0.3) is 0 Å². The minimum atomic E-state index is -3.24. The molecule has 1 aliphatic rings. The van der Waals surface area contributed by atoms with Gasteiger partial charge in [0.05, 0.1) is 5.75 Å². The highest BCUT2D eigenvalue weighted by Crippen LogP contribution is 2.36. The van der Waals surface area contributed by atoms with Crippen molar-refractivity contribution in [1.82, 2.24) is 4.31 Å². The molecule has 1 aromatic carbocycles. The van der Waals surface area contributed by atoms with Crippen LogP contribution in [0.4, 0.5) is 0 Å². The summed E-state index contributed by atoms with van der Waals surface area (Å²) in [4.78, 5) is 0. The molecule has 1 unspecified atom stereocenters. The number of nitrogens with zero attached hydrogens (tertiary/aromatic N) is 1. The van der Waals surface area contributed by atoms with Gasteiger partial charge in [-0.1, -0.05) is 30.3 Å². The van der Waals surface area contributed by atoms with Crippen molar-refractivity contribution in [3.63, 3.8) is 0 Å². The largest absolute Gasteiger partial charge is 0.214 e. The first-order valence-corrected chi connectivity index (χ1v) is 9.28. The number of benzene rings is 1. The van der Waals surface area contributed by atoms with Gasteiger partial charge < -0.3 is 0 Å². The summed E-state index contributed by atoms with van der Waals surface area (Å²) < 4.78 is 26.7. The van der Waals surface area contributed by atoms with Gasteiger partial charge in [-0.2, -0.15) is 4.31 Å². The van der Waals surface area contributed by atoms with Crippen molar-refractivity contribution >= 4 is 21.6 Å². The van der Waals surface area contributed by atoms with Crippen LogP contribution in [0.15, 0.2) is 30.3 Å². The minimum absolute atomic E-state index is 0.0792. The Morgan fingerprint density at radius 1 is 1.30 bits per heavy atom. The number of halogens is 1. The topological polar surface area (TPSA) is 37.4 Å². The fraction of sp³-hybridized carbons (Fsp3) is 0.600. The smallest absolute Gasteiger partial charge is 0.212 e. The average molecular weight is 316 g/mol. The molecule has 0 radical (unpaired) electrons. The van der Waals surface area contributed by atoms with E-state index in [4.69, 9.17) is 11.6 Å². The molecule has 0 saturated heterocycles. The van der Waals surface area contributed by atoms with Crippen LogP contribution in [-0.2, 0) is 16.6 Å². The van der Waals surface area contributed by atoms with Gasteiger partial charge in [-0.25, -0.2) is 8.42 Å². The van der Waals surface area contributed by atoms with Crippen LogP contribution in [0.1, 0.15) is 31.7 Å². The van der Waals surface area contributed by atoms with Gasteiger partial charge in [-0.05, 0) is 37.7 Å². The molecule has 1 aromatic rings. The number of alkyl halides is 1. The van der Waals surface area contributed by atoms with Crippen molar-refractivity contribution in [2.45, 2.75) is 38.8 Å². The predicted octanol–water partition coefficient (Wildman–Crippen LogP) is 3.25. The normalized spacial score (nSPS) is 17.4. The molecule has 1 fully saturated rings. The second kappa shape index (κ2) is 6.92. The van der Waals surface area contributed by atoms with Crippen LogP contribution < -0.4 is 0 Å². The van der Waals surface area contributed by atoms with Crippen molar-refractivity contribution in [2.24, 2.45) is 5.92 Å². The second-order valence-electron chi connectivity index (χ2n) is 5.47. The lowest BCUT2D eigenvalue weighted by Gasteiger charge is -2.28. The van der Waals surface area contributed by atoms with Gasteiger partial charge in [0, 0.05) is 18.5 Å². The standard InChI is InChI=1S/C15H22ClNO2S/c1-13(15-8-9-15)17(20(18,19)11-5-10-16)12-14-6-3-2-4-7-14/h2-4,6-7,13,15H,5,8-12H2,1H3. The Labute approximate surface area is 127 Å². The number of rotatable bonds is 8. The second-order valence-corrected chi connectivity index (χ2v) is 7.89. The van der Waals surface area contributed by atoms with E-state index in [0.717, 1.165) is 18.4 Å². The van der Waals surface area contributed by atoms with Crippen molar-refractivity contribution in [3.8, 4) is 0 Å². The maximum Gasteiger partial charge on any atom is 0.214 e. The molecule has 3 nitrogen and oxygen atoms in total. The first kappa shape index (κ1) is 15.8. The quantitative estimate of drug-likeness (QED) is 0.691. The molecule has 0 amide bonds. The zero-order valence-corrected chi connectivity index (χ0v) is 13.4. The van der Waals surface area contributed by atoms with Crippen LogP contribution >= 0.6 is 11.6 Å². The zero-order valence-electron chi connectivity index (χ0n) is 11.8. The van der Waals surface area contributed by atoms with E-state index in [-0.39, 0.29) is 11.8 Å². The van der Waals surface area contributed by atoms with Gasteiger partial charge in [0.2, 0.25) is 10.0 Å². The highest BCUT2D eigenvalue weighted by atomic mass is 35.5. The Morgan fingerprint density at radius 3 is 2.50 bits per heavy atom. The van der Waals surface area contributed by atoms with E-state index < -0.39 is 10.0 Å². The lowest BCUT2D eigenvalue weighted by Crippen LogP contribution is -2.40. The van der Waals surface area contributed by atoms with E-state index in [9.17, 15) is 8.42 Å². The van der Waals surface area contributed by atoms with E-state index in [1.54, 1.807) is 4.31 Å². The molecule has 0 N–H and O–H groups in total.